The molecule has 0 radical (unpaired) electrons. The molecule has 0 bridgehead atoms. The molecule has 3 nitrogen and oxygen atoms in total. The first-order valence-electron chi connectivity index (χ1n) is 5.62. The summed E-state index contributed by atoms with van der Waals surface area (Å²) < 4.78 is 5.52. The Kier molecular flexibility index (Phi) is 3.08. The summed E-state index contributed by atoms with van der Waals surface area (Å²) in [5, 5.41) is 10.1. The fraction of sp³-hybridized carbons (Fsp3) is 0.462. The fourth-order valence-corrected chi connectivity index (χ4v) is 1.90. The zero-order valence-corrected chi connectivity index (χ0v) is 9.68. The largest absolute Gasteiger partial charge is 0.361 e. The zero-order valence-electron chi connectivity index (χ0n) is 9.68. The molecular weight excluding hydrogens is 202 g/mol. The molecule has 2 rings (SSSR count). The van der Waals surface area contributed by atoms with Crippen LogP contribution in [0.3, 0.4) is 0 Å². The highest BCUT2D eigenvalue weighted by molar-refractivity contribution is 5.89. The van der Waals surface area contributed by atoms with Gasteiger partial charge in [-0.15, -0.1) is 0 Å². The van der Waals surface area contributed by atoms with E-state index in [0.717, 1.165) is 5.56 Å². The van der Waals surface area contributed by atoms with Gasteiger partial charge in [-0.2, -0.15) is 0 Å². The quantitative estimate of drug-likeness (QED) is 0.829. The lowest BCUT2D eigenvalue weighted by molar-refractivity contribution is -0.162. The highest BCUT2D eigenvalue weighted by Crippen LogP contribution is 2.28. The molecule has 0 aromatic heterocycles. The minimum absolute atomic E-state index is 0.00743. The molecular formula is C13H17NO2. The first-order chi connectivity index (χ1) is 7.65. The predicted molar refractivity (Wildman–Crippen MR) is 63.5 cm³/mol. The standard InChI is InChI=1S/C13H17NO2/c1-3-13(15)10(2)14-12(9-16-13)11-7-5-4-6-8-11/h4-8,12,15H,3,9H2,1-2H3/t12-,13-/m0/s1. The molecule has 3 heteroatoms. The smallest absolute Gasteiger partial charge is 0.204 e. The summed E-state index contributed by atoms with van der Waals surface area (Å²) in [6.45, 7) is 4.14. The van der Waals surface area contributed by atoms with Gasteiger partial charge in [0, 0.05) is 6.42 Å². The summed E-state index contributed by atoms with van der Waals surface area (Å²) in [6.07, 6.45) is 0.532. The SMILES string of the molecule is CC[C@]1(O)OC[C@@H](c2ccccc2)N=C1C. The zero-order chi connectivity index (χ0) is 11.6. The van der Waals surface area contributed by atoms with E-state index in [9.17, 15) is 5.11 Å². The maximum atomic E-state index is 10.1. The van der Waals surface area contributed by atoms with Gasteiger partial charge in [0.15, 0.2) is 0 Å². The van der Waals surface area contributed by atoms with Crippen LogP contribution in [0.2, 0.25) is 0 Å². The van der Waals surface area contributed by atoms with Crippen LogP contribution < -0.4 is 0 Å². The van der Waals surface area contributed by atoms with Gasteiger partial charge in [0.1, 0.15) is 0 Å². The molecule has 1 aliphatic heterocycles. The Labute approximate surface area is 95.8 Å². The van der Waals surface area contributed by atoms with Gasteiger partial charge in [0.05, 0.1) is 18.4 Å². The van der Waals surface area contributed by atoms with Gasteiger partial charge in [0.25, 0.3) is 0 Å². The Balaban J connectivity index is 2.24. The number of benzene rings is 1. The Morgan fingerprint density at radius 1 is 1.44 bits per heavy atom. The van der Waals surface area contributed by atoms with Crippen molar-refractivity contribution in [2.45, 2.75) is 32.1 Å². The normalized spacial score (nSPS) is 29.9. The number of aliphatic hydroxyl groups is 1. The second kappa shape index (κ2) is 4.36. The molecule has 1 aromatic rings. The summed E-state index contributed by atoms with van der Waals surface area (Å²) in [5.74, 6) is -1.16. The Morgan fingerprint density at radius 3 is 2.69 bits per heavy atom. The van der Waals surface area contributed by atoms with Crippen LogP contribution in [0.15, 0.2) is 35.3 Å². The molecule has 0 amide bonds. The van der Waals surface area contributed by atoms with E-state index in [4.69, 9.17) is 4.74 Å². The van der Waals surface area contributed by atoms with Crippen molar-refractivity contribution in [3.63, 3.8) is 0 Å². The lowest BCUT2D eigenvalue weighted by atomic mass is 10.0. The highest BCUT2D eigenvalue weighted by Gasteiger charge is 2.34. The first kappa shape index (κ1) is 11.3. The Hall–Kier alpha value is -1.19. The molecule has 2 atom stereocenters. The minimum atomic E-state index is -1.16. The van der Waals surface area contributed by atoms with Gasteiger partial charge >= 0.3 is 0 Å². The van der Waals surface area contributed by atoms with Crippen LogP contribution in [-0.4, -0.2) is 23.2 Å². The van der Waals surface area contributed by atoms with E-state index in [0.29, 0.717) is 18.7 Å². The van der Waals surface area contributed by atoms with E-state index in [1.54, 1.807) is 0 Å². The molecule has 0 unspecified atom stereocenters. The van der Waals surface area contributed by atoms with E-state index in [2.05, 4.69) is 4.99 Å². The van der Waals surface area contributed by atoms with E-state index in [-0.39, 0.29) is 6.04 Å². The van der Waals surface area contributed by atoms with E-state index >= 15 is 0 Å². The van der Waals surface area contributed by atoms with E-state index in [1.165, 1.54) is 0 Å². The second-order valence-corrected chi connectivity index (χ2v) is 4.09. The van der Waals surface area contributed by atoms with Crippen molar-refractivity contribution >= 4 is 5.71 Å². The van der Waals surface area contributed by atoms with Gasteiger partial charge in [-0.25, -0.2) is 0 Å². The van der Waals surface area contributed by atoms with Gasteiger partial charge in [0.2, 0.25) is 5.79 Å². The Morgan fingerprint density at radius 2 is 2.12 bits per heavy atom. The molecule has 0 saturated heterocycles. The molecule has 1 aliphatic rings. The van der Waals surface area contributed by atoms with Crippen LogP contribution in [0.25, 0.3) is 0 Å². The van der Waals surface area contributed by atoms with Crippen LogP contribution in [0.1, 0.15) is 31.9 Å². The number of nitrogens with zero attached hydrogens (tertiary/aromatic N) is 1. The Bertz CT molecular complexity index is 388. The topological polar surface area (TPSA) is 41.8 Å². The van der Waals surface area contributed by atoms with Gasteiger partial charge < -0.3 is 9.84 Å². The lowest BCUT2D eigenvalue weighted by Crippen LogP contribution is -2.43. The average molecular weight is 219 g/mol. The maximum Gasteiger partial charge on any atom is 0.204 e. The van der Waals surface area contributed by atoms with Crippen LogP contribution in [0.5, 0.6) is 0 Å². The minimum Gasteiger partial charge on any atom is -0.361 e. The second-order valence-electron chi connectivity index (χ2n) is 4.09. The lowest BCUT2D eigenvalue weighted by Gasteiger charge is -2.33. The molecule has 1 heterocycles. The molecule has 1 aromatic carbocycles. The van der Waals surface area contributed by atoms with Crippen LogP contribution in [0, 0.1) is 0 Å². The third-order valence-electron chi connectivity index (χ3n) is 3.06. The third-order valence-corrected chi connectivity index (χ3v) is 3.06. The third kappa shape index (κ3) is 2.01. The van der Waals surface area contributed by atoms with E-state index < -0.39 is 5.79 Å². The fourth-order valence-electron chi connectivity index (χ4n) is 1.90. The number of rotatable bonds is 2. The van der Waals surface area contributed by atoms with E-state index in [1.807, 2.05) is 44.2 Å². The van der Waals surface area contributed by atoms with Crippen molar-refractivity contribution in [2.75, 3.05) is 6.61 Å². The first-order valence-corrected chi connectivity index (χ1v) is 5.62. The number of hydrogen-bond donors (Lipinski definition) is 1. The molecule has 0 fully saturated rings. The predicted octanol–water partition coefficient (Wildman–Crippen LogP) is 2.32. The molecule has 0 saturated carbocycles. The summed E-state index contributed by atoms with van der Waals surface area (Å²) >= 11 is 0. The molecule has 1 N–H and O–H groups in total. The number of aliphatic imine (C=N–C) groups is 1. The summed E-state index contributed by atoms with van der Waals surface area (Å²) in [4.78, 5) is 4.52. The average Bonchev–Trinajstić information content (AvgIpc) is 2.34. The number of ether oxygens (including phenoxy) is 1. The summed E-state index contributed by atoms with van der Waals surface area (Å²) in [6, 6.07) is 10.0. The molecule has 16 heavy (non-hydrogen) atoms. The molecule has 86 valence electrons. The van der Waals surface area contributed by atoms with Crippen molar-refractivity contribution in [1.82, 2.24) is 0 Å². The van der Waals surface area contributed by atoms with Crippen molar-refractivity contribution in [1.29, 1.82) is 0 Å². The van der Waals surface area contributed by atoms with Crippen LogP contribution in [-0.2, 0) is 4.74 Å². The van der Waals surface area contributed by atoms with Gasteiger partial charge in [-0.05, 0) is 12.5 Å². The molecule has 0 spiro atoms. The van der Waals surface area contributed by atoms with Crippen LogP contribution in [0.4, 0.5) is 0 Å². The van der Waals surface area contributed by atoms with Gasteiger partial charge in [-0.3, -0.25) is 4.99 Å². The highest BCUT2D eigenvalue weighted by atomic mass is 16.6. The maximum absolute atomic E-state index is 10.1. The monoisotopic (exact) mass is 219 g/mol. The summed E-state index contributed by atoms with van der Waals surface area (Å²) in [7, 11) is 0. The van der Waals surface area contributed by atoms with Crippen LogP contribution >= 0.6 is 0 Å². The molecule has 0 aliphatic carbocycles. The summed E-state index contributed by atoms with van der Waals surface area (Å²) in [5.41, 5.74) is 1.79. The van der Waals surface area contributed by atoms with Crippen molar-refractivity contribution < 1.29 is 9.84 Å². The van der Waals surface area contributed by atoms with Gasteiger partial charge in [-0.1, -0.05) is 37.3 Å². The van der Waals surface area contributed by atoms with Crippen molar-refractivity contribution in [3.05, 3.63) is 35.9 Å². The van der Waals surface area contributed by atoms with Crippen molar-refractivity contribution in [2.24, 2.45) is 4.99 Å². The van der Waals surface area contributed by atoms with Crippen molar-refractivity contribution in [3.8, 4) is 0 Å². The number of hydrogen-bond acceptors (Lipinski definition) is 3.